The Labute approximate surface area is 218 Å². The number of H-pyrrole nitrogens is 1. The van der Waals surface area contributed by atoms with E-state index in [2.05, 4.69) is 24.9 Å². The highest BCUT2D eigenvalue weighted by molar-refractivity contribution is 5.81. The summed E-state index contributed by atoms with van der Waals surface area (Å²) in [5, 5.41) is 0. The van der Waals surface area contributed by atoms with Gasteiger partial charge in [0.05, 0.1) is 47.8 Å². The lowest BCUT2D eigenvalue weighted by Crippen LogP contribution is -2.17. The third kappa shape index (κ3) is 4.21. The summed E-state index contributed by atoms with van der Waals surface area (Å²) in [5.74, 6) is 0.340. The summed E-state index contributed by atoms with van der Waals surface area (Å²) in [4.78, 5) is 32.4. The van der Waals surface area contributed by atoms with Crippen LogP contribution in [0.5, 0.6) is 5.88 Å². The zero-order valence-electron chi connectivity index (χ0n) is 23.0. The molecule has 0 radical (unpaired) electrons. The van der Waals surface area contributed by atoms with Crippen molar-refractivity contribution in [1.29, 1.82) is 0 Å². The van der Waals surface area contributed by atoms with Crippen molar-refractivity contribution >= 4 is 11.0 Å². The first-order valence-electron chi connectivity index (χ1n) is 13.2. The van der Waals surface area contributed by atoms with Crippen molar-refractivity contribution in [3.05, 3.63) is 76.5 Å². The molecule has 4 heterocycles. The molecule has 0 spiro atoms. The van der Waals surface area contributed by atoms with Crippen LogP contribution in [0.1, 0.15) is 39.8 Å². The molecule has 1 aliphatic rings. The van der Waals surface area contributed by atoms with Gasteiger partial charge in [-0.1, -0.05) is 24.3 Å². The SMILES string of the molecule is [2H]C([2H])([2H])n1cc(C(F)(F)F)nc1-c1ccc(Cn2c(=O)[nH]c3cnc(-c4c(OC)ncnc4C4CC4)cc32)cc1. The van der Waals surface area contributed by atoms with Crippen molar-refractivity contribution in [1.82, 2.24) is 34.1 Å². The second-order valence-electron chi connectivity index (χ2n) is 9.03. The van der Waals surface area contributed by atoms with Gasteiger partial charge in [0.1, 0.15) is 12.2 Å². The van der Waals surface area contributed by atoms with Crippen molar-refractivity contribution in [3.63, 3.8) is 0 Å². The molecular weight excluding hydrogens is 499 g/mol. The van der Waals surface area contributed by atoms with Gasteiger partial charge in [0, 0.05) is 28.8 Å². The highest BCUT2D eigenvalue weighted by atomic mass is 19.4. The lowest BCUT2D eigenvalue weighted by atomic mass is 10.1. The third-order valence-electron chi connectivity index (χ3n) is 6.46. The van der Waals surface area contributed by atoms with Crippen LogP contribution in [0.15, 0.2) is 53.8 Å². The predicted octanol–water partition coefficient (Wildman–Crippen LogP) is 4.54. The third-order valence-corrected chi connectivity index (χ3v) is 6.46. The van der Waals surface area contributed by atoms with E-state index < -0.39 is 18.8 Å². The number of benzene rings is 1. The average molecular weight is 525 g/mol. The monoisotopic (exact) mass is 524 g/mol. The maximum Gasteiger partial charge on any atom is 0.434 e. The van der Waals surface area contributed by atoms with E-state index in [1.54, 1.807) is 24.4 Å². The molecular formula is C26H22F3N7O2. The Balaban J connectivity index is 1.36. The number of aromatic nitrogens is 7. The summed E-state index contributed by atoms with van der Waals surface area (Å²) in [6.07, 6.45) is 0.703. The number of imidazole rings is 2. The van der Waals surface area contributed by atoms with Crippen molar-refractivity contribution in [2.24, 2.45) is 6.98 Å². The van der Waals surface area contributed by atoms with E-state index in [0.717, 1.165) is 18.5 Å². The Morgan fingerprint density at radius 3 is 2.66 bits per heavy atom. The summed E-state index contributed by atoms with van der Waals surface area (Å²) in [7, 11) is 1.52. The minimum atomic E-state index is -4.80. The molecule has 1 fully saturated rings. The number of fused-ring (bicyclic) bond motifs is 1. The van der Waals surface area contributed by atoms with Crippen LogP contribution < -0.4 is 10.4 Å². The van der Waals surface area contributed by atoms with Gasteiger partial charge >= 0.3 is 11.9 Å². The zero-order chi connectivity index (χ0) is 29.1. The minimum Gasteiger partial charge on any atom is -0.480 e. The van der Waals surface area contributed by atoms with Crippen molar-refractivity contribution < 1.29 is 22.0 Å². The number of methoxy groups -OCH3 is 1. The molecule has 0 bridgehead atoms. The van der Waals surface area contributed by atoms with Gasteiger partial charge in [-0.25, -0.2) is 19.7 Å². The Morgan fingerprint density at radius 2 is 1.97 bits per heavy atom. The van der Waals surface area contributed by atoms with Gasteiger partial charge in [-0.15, -0.1) is 0 Å². The molecule has 4 aromatic heterocycles. The van der Waals surface area contributed by atoms with Crippen LogP contribution in [0.3, 0.4) is 0 Å². The normalized spacial score (nSPS) is 15.3. The Morgan fingerprint density at radius 1 is 1.18 bits per heavy atom. The highest BCUT2D eigenvalue weighted by Crippen LogP contribution is 2.45. The molecule has 38 heavy (non-hydrogen) atoms. The number of aromatic amines is 1. The van der Waals surface area contributed by atoms with Crippen molar-refractivity contribution in [2.45, 2.75) is 31.5 Å². The molecule has 1 N–H and O–H groups in total. The fourth-order valence-electron chi connectivity index (χ4n) is 4.46. The molecule has 1 aliphatic carbocycles. The van der Waals surface area contributed by atoms with Gasteiger partial charge in [-0.05, 0) is 24.5 Å². The first-order valence-corrected chi connectivity index (χ1v) is 11.7. The van der Waals surface area contributed by atoms with Crippen LogP contribution in [0, 0.1) is 0 Å². The number of aryl methyl sites for hydroxylation is 1. The predicted molar refractivity (Wildman–Crippen MR) is 133 cm³/mol. The van der Waals surface area contributed by atoms with Crippen LogP contribution in [-0.2, 0) is 19.7 Å². The first kappa shape index (κ1) is 20.6. The van der Waals surface area contributed by atoms with Gasteiger partial charge in [-0.3, -0.25) is 9.55 Å². The number of alkyl halides is 3. The van der Waals surface area contributed by atoms with Gasteiger partial charge < -0.3 is 14.3 Å². The maximum absolute atomic E-state index is 13.3. The van der Waals surface area contributed by atoms with E-state index in [0.29, 0.717) is 50.4 Å². The van der Waals surface area contributed by atoms with Crippen molar-refractivity contribution in [2.75, 3.05) is 7.11 Å². The second kappa shape index (κ2) is 8.82. The highest BCUT2D eigenvalue weighted by Gasteiger charge is 2.34. The standard InChI is InChI=1S/C26H22F3N7O2/c1-35-12-20(26(27,28)29)34-23(35)16-5-3-14(4-6-16)11-36-19-9-17(30-10-18(19)33-25(36)37)21-22(15-7-8-15)31-13-32-24(21)38-2/h3-6,9-10,12-13,15H,7-8,11H2,1-2H3,(H,33,37)/i1D3. The molecule has 0 aliphatic heterocycles. The summed E-state index contributed by atoms with van der Waals surface area (Å²) >= 11 is 0. The van der Waals surface area contributed by atoms with E-state index in [-0.39, 0.29) is 23.6 Å². The molecule has 0 unspecified atom stereocenters. The van der Waals surface area contributed by atoms with Gasteiger partial charge in [0.15, 0.2) is 5.69 Å². The Bertz CT molecular complexity index is 1820. The van der Waals surface area contributed by atoms with E-state index >= 15 is 0 Å². The molecule has 0 saturated heterocycles. The summed E-state index contributed by atoms with van der Waals surface area (Å²) in [6.45, 7) is -2.73. The lowest BCUT2D eigenvalue weighted by molar-refractivity contribution is -0.140. The van der Waals surface area contributed by atoms with Gasteiger partial charge in [0.25, 0.3) is 0 Å². The minimum absolute atomic E-state index is 0.127. The van der Waals surface area contributed by atoms with Crippen molar-refractivity contribution in [3.8, 4) is 28.5 Å². The molecule has 194 valence electrons. The summed E-state index contributed by atoms with van der Waals surface area (Å²) in [5.41, 5.74) is 2.31. The molecule has 12 heteroatoms. The number of nitrogens with one attached hydrogen (secondary N) is 1. The van der Waals surface area contributed by atoms with Crippen LogP contribution >= 0.6 is 0 Å². The molecule has 0 atom stereocenters. The first-order chi connectivity index (χ1) is 19.4. The Hall–Kier alpha value is -4.48. The fraction of sp³-hybridized carbons (Fsp3) is 0.269. The summed E-state index contributed by atoms with van der Waals surface area (Å²) < 4.78 is 70.2. The molecule has 1 saturated carbocycles. The van der Waals surface area contributed by atoms with Crippen LogP contribution in [0.4, 0.5) is 13.2 Å². The van der Waals surface area contributed by atoms with Gasteiger partial charge in [0.2, 0.25) is 5.88 Å². The van der Waals surface area contributed by atoms with Crippen LogP contribution in [0.25, 0.3) is 33.7 Å². The molecule has 1 aromatic carbocycles. The second-order valence-corrected chi connectivity index (χ2v) is 9.03. The van der Waals surface area contributed by atoms with Gasteiger partial charge in [-0.2, -0.15) is 13.2 Å². The number of halogens is 3. The number of pyridine rings is 1. The number of nitrogens with zero attached hydrogens (tertiary/aromatic N) is 6. The van der Waals surface area contributed by atoms with Crippen LogP contribution in [-0.4, -0.2) is 41.2 Å². The zero-order valence-corrected chi connectivity index (χ0v) is 20.0. The largest absolute Gasteiger partial charge is 0.480 e. The van der Waals surface area contributed by atoms with E-state index in [9.17, 15) is 18.0 Å². The quantitative estimate of drug-likeness (QED) is 0.350. The fourth-order valence-corrected chi connectivity index (χ4v) is 4.46. The molecule has 9 nitrogen and oxygen atoms in total. The summed E-state index contributed by atoms with van der Waals surface area (Å²) in [6, 6.07) is 7.92. The number of ether oxygens (including phenoxy) is 1. The topological polar surface area (TPSA) is 104 Å². The molecule has 0 amide bonds. The smallest absolute Gasteiger partial charge is 0.434 e. The lowest BCUT2D eigenvalue weighted by Gasteiger charge is -2.11. The number of hydrogen-bond acceptors (Lipinski definition) is 6. The van der Waals surface area contributed by atoms with E-state index in [1.165, 1.54) is 30.1 Å². The van der Waals surface area contributed by atoms with Crippen LogP contribution in [0.2, 0.25) is 0 Å². The number of rotatable bonds is 6. The van der Waals surface area contributed by atoms with E-state index in [1.807, 2.05) is 0 Å². The number of hydrogen-bond donors (Lipinski definition) is 1. The maximum atomic E-state index is 13.3. The molecule has 5 aromatic rings. The molecule has 6 rings (SSSR count). The average Bonchev–Trinajstić information content (AvgIpc) is 3.58. The van der Waals surface area contributed by atoms with E-state index in [4.69, 9.17) is 8.85 Å². The Kier molecular flexibility index (Phi) is 4.77.